The van der Waals surface area contributed by atoms with Crippen LogP contribution in [-0.4, -0.2) is 27.8 Å². The van der Waals surface area contributed by atoms with Crippen LogP contribution in [0.1, 0.15) is 23.1 Å². The topological polar surface area (TPSA) is 67.9 Å². The van der Waals surface area contributed by atoms with E-state index in [2.05, 4.69) is 19.9 Å². The molecule has 1 aromatic heterocycles. The Labute approximate surface area is 116 Å². The predicted octanol–water partition coefficient (Wildman–Crippen LogP) is 2.81. The van der Waals surface area contributed by atoms with Crippen LogP contribution in [0.25, 0.3) is 11.4 Å². The SMILES string of the molecule is CCOC(=O)c1nc(-c2ccc(F)c(C(F)(F)F)c2)n[nH]1. The van der Waals surface area contributed by atoms with Gasteiger partial charge in [-0.1, -0.05) is 0 Å². The first-order valence-corrected chi connectivity index (χ1v) is 5.79. The fourth-order valence-electron chi connectivity index (χ4n) is 1.56. The van der Waals surface area contributed by atoms with Gasteiger partial charge in [0, 0.05) is 5.56 Å². The van der Waals surface area contributed by atoms with E-state index in [1.54, 1.807) is 6.92 Å². The summed E-state index contributed by atoms with van der Waals surface area (Å²) in [5.41, 5.74) is -1.50. The van der Waals surface area contributed by atoms with Crippen LogP contribution in [0.3, 0.4) is 0 Å². The number of aromatic nitrogens is 3. The smallest absolute Gasteiger partial charge is 0.419 e. The van der Waals surface area contributed by atoms with Gasteiger partial charge >= 0.3 is 12.1 Å². The summed E-state index contributed by atoms with van der Waals surface area (Å²) in [6.07, 6.45) is -4.83. The van der Waals surface area contributed by atoms with Crippen molar-refractivity contribution in [3.63, 3.8) is 0 Å². The Balaban J connectivity index is 2.37. The van der Waals surface area contributed by atoms with E-state index in [9.17, 15) is 22.4 Å². The summed E-state index contributed by atoms with van der Waals surface area (Å²) in [7, 11) is 0. The van der Waals surface area contributed by atoms with Gasteiger partial charge in [0.15, 0.2) is 5.82 Å². The molecule has 5 nitrogen and oxygen atoms in total. The zero-order chi connectivity index (χ0) is 15.6. The normalized spacial score (nSPS) is 11.5. The highest BCUT2D eigenvalue weighted by Gasteiger charge is 2.34. The van der Waals surface area contributed by atoms with Gasteiger partial charge in [0.25, 0.3) is 0 Å². The highest BCUT2D eigenvalue weighted by Crippen LogP contribution is 2.33. The molecule has 0 bridgehead atoms. The summed E-state index contributed by atoms with van der Waals surface area (Å²) in [4.78, 5) is 15.1. The Morgan fingerprint density at radius 2 is 2.10 bits per heavy atom. The number of rotatable bonds is 3. The molecule has 2 rings (SSSR count). The van der Waals surface area contributed by atoms with Crippen LogP contribution in [-0.2, 0) is 10.9 Å². The second kappa shape index (κ2) is 5.51. The third kappa shape index (κ3) is 3.18. The lowest BCUT2D eigenvalue weighted by Gasteiger charge is -2.08. The van der Waals surface area contributed by atoms with Crippen molar-refractivity contribution in [2.75, 3.05) is 6.61 Å². The van der Waals surface area contributed by atoms with Gasteiger partial charge in [-0.15, -0.1) is 0 Å². The number of carbonyl (C=O) groups is 1. The maximum atomic E-state index is 13.2. The number of aromatic amines is 1. The molecule has 21 heavy (non-hydrogen) atoms. The van der Waals surface area contributed by atoms with Crippen molar-refractivity contribution in [2.24, 2.45) is 0 Å². The second-order valence-corrected chi connectivity index (χ2v) is 3.92. The van der Waals surface area contributed by atoms with Gasteiger partial charge in [-0.3, -0.25) is 5.10 Å². The number of hydrogen-bond acceptors (Lipinski definition) is 4. The first-order valence-electron chi connectivity index (χ1n) is 5.79. The molecule has 0 unspecified atom stereocenters. The molecule has 0 radical (unpaired) electrons. The lowest BCUT2D eigenvalue weighted by molar-refractivity contribution is -0.139. The number of hydrogen-bond donors (Lipinski definition) is 1. The standard InChI is InChI=1S/C12H9F4N3O2/c1-2-21-11(20)10-17-9(18-19-10)6-3-4-8(13)7(5-6)12(14,15)16/h3-5H,2H2,1H3,(H,17,18,19). The number of nitrogens with one attached hydrogen (secondary N) is 1. The number of halogens is 4. The van der Waals surface area contributed by atoms with E-state index in [4.69, 9.17) is 0 Å². The fourth-order valence-corrected chi connectivity index (χ4v) is 1.56. The maximum Gasteiger partial charge on any atom is 0.419 e. The lowest BCUT2D eigenvalue weighted by Crippen LogP contribution is -2.08. The van der Waals surface area contributed by atoms with Crippen molar-refractivity contribution in [1.82, 2.24) is 15.2 Å². The Bertz CT molecular complexity index is 667. The van der Waals surface area contributed by atoms with E-state index < -0.39 is 23.5 Å². The summed E-state index contributed by atoms with van der Waals surface area (Å²) in [6, 6.07) is 2.33. The zero-order valence-corrected chi connectivity index (χ0v) is 10.7. The molecule has 9 heteroatoms. The van der Waals surface area contributed by atoms with Gasteiger partial charge in [0.05, 0.1) is 12.2 Å². The molecule has 0 atom stereocenters. The molecular weight excluding hydrogens is 294 g/mol. The number of H-pyrrole nitrogens is 1. The van der Waals surface area contributed by atoms with Crippen LogP contribution < -0.4 is 0 Å². The number of ether oxygens (including phenoxy) is 1. The van der Waals surface area contributed by atoms with Crippen LogP contribution in [0, 0.1) is 5.82 Å². The van der Waals surface area contributed by atoms with Gasteiger partial charge in [-0.05, 0) is 25.1 Å². The molecule has 0 fully saturated rings. The Morgan fingerprint density at radius 3 is 2.71 bits per heavy atom. The van der Waals surface area contributed by atoms with Crippen molar-refractivity contribution in [2.45, 2.75) is 13.1 Å². The summed E-state index contributed by atoms with van der Waals surface area (Å²) >= 11 is 0. The molecule has 1 heterocycles. The average molecular weight is 303 g/mol. The van der Waals surface area contributed by atoms with Crippen LogP contribution >= 0.6 is 0 Å². The number of esters is 1. The summed E-state index contributed by atoms with van der Waals surface area (Å²) in [6.45, 7) is 1.70. The Morgan fingerprint density at radius 1 is 1.38 bits per heavy atom. The monoisotopic (exact) mass is 303 g/mol. The van der Waals surface area contributed by atoms with Crippen LogP contribution in [0.5, 0.6) is 0 Å². The average Bonchev–Trinajstić information content (AvgIpc) is 2.88. The third-order valence-electron chi connectivity index (χ3n) is 2.48. The van der Waals surface area contributed by atoms with E-state index in [1.807, 2.05) is 0 Å². The second-order valence-electron chi connectivity index (χ2n) is 3.92. The van der Waals surface area contributed by atoms with Gasteiger partial charge < -0.3 is 4.74 Å². The molecule has 2 aromatic rings. The molecule has 0 spiro atoms. The van der Waals surface area contributed by atoms with Gasteiger partial charge in [-0.25, -0.2) is 14.2 Å². The number of carbonyl (C=O) groups excluding carboxylic acids is 1. The number of alkyl halides is 3. The molecule has 1 aromatic carbocycles. The van der Waals surface area contributed by atoms with E-state index in [1.165, 1.54) is 0 Å². The molecule has 0 aliphatic heterocycles. The third-order valence-corrected chi connectivity index (χ3v) is 2.48. The van der Waals surface area contributed by atoms with Crippen molar-refractivity contribution < 1.29 is 27.1 Å². The molecule has 112 valence electrons. The minimum absolute atomic E-state index is 0.0736. The molecule has 0 aliphatic carbocycles. The van der Waals surface area contributed by atoms with Gasteiger partial charge in [0.2, 0.25) is 5.82 Å². The molecular formula is C12H9F4N3O2. The van der Waals surface area contributed by atoms with E-state index in [-0.39, 0.29) is 23.8 Å². The molecule has 0 saturated carbocycles. The van der Waals surface area contributed by atoms with Crippen molar-refractivity contribution in [1.29, 1.82) is 0 Å². The fraction of sp³-hybridized carbons (Fsp3) is 0.250. The van der Waals surface area contributed by atoms with E-state index >= 15 is 0 Å². The van der Waals surface area contributed by atoms with Gasteiger partial charge in [0.1, 0.15) is 5.82 Å². The first kappa shape index (κ1) is 14.9. The highest BCUT2D eigenvalue weighted by molar-refractivity contribution is 5.85. The van der Waals surface area contributed by atoms with Crippen molar-refractivity contribution in [3.05, 3.63) is 35.4 Å². The summed E-state index contributed by atoms with van der Waals surface area (Å²) in [5, 5.41) is 5.87. The first-order chi connectivity index (χ1) is 9.82. The predicted molar refractivity (Wildman–Crippen MR) is 62.7 cm³/mol. The van der Waals surface area contributed by atoms with Crippen LogP contribution in [0.15, 0.2) is 18.2 Å². The quantitative estimate of drug-likeness (QED) is 0.699. The highest BCUT2D eigenvalue weighted by atomic mass is 19.4. The largest absolute Gasteiger partial charge is 0.460 e. The minimum atomic E-state index is -4.83. The summed E-state index contributed by atoms with van der Waals surface area (Å²) < 4.78 is 55.7. The van der Waals surface area contributed by atoms with E-state index in [0.29, 0.717) is 12.1 Å². The zero-order valence-electron chi connectivity index (χ0n) is 10.7. The lowest BCUT2D eigenvalue weighted by atomic mass is 10.1. The van der Waals surface area contributed by atoms with Crippen LogP contribution in [0.2, 0.25) is 0 Å². The van der Waals surface area contributed by atoms with Crippen molar-refractivity contribution in [3.8, 4) is 11.4 Å². The Kier molecular flexibility index (Phi) is 3.92. The van der Waals surface area contributed by atoms with Crippen LogP contribution in [0.4, 0.5) is 17.6 Å². The maximum absolute atomic E-state index is 13.2. The Hall–Kier alpha value is -2.45. The van der Waals surface area contributed by atoms with Gasteiger partial charge in [-0.2, -0.15) is 18.3 Å². The summed E-state index contributed by atoms with van der Waals surface area (Å²) in [5.74, 6) is -2.59. The molecule has 1 N–H and O–H groups in total. The molecule has 0 aliphatic rings. The number of nitrogens with zero attached hydrogens (tertiary/aromatic N) is 2. The number of benzene rings is 1. The molecule has 0 saturated heterocycles. The van der Waals surface area contributed by atoms with Crippen molar-refractivity contribution >= 4 is 5.97 Å². The van der Waals surface area contributed by atoms with E-state index in [0.717, 1.165) is 6.07 Å². The molecule has 0 amide bonds. The minimum Gasteiger partial charge on any atom is -0.460 e.